The van der Waals surface area contributed by atoms with Gasteiger partial charge in [-0.3, -0.25) is 0 Å². The zero-order valence-corrected chi connectivity index (χ0v) is 10.2. The molecule has 0 aromatic heterocycles. The zero-order valence-electron chi connectivity index (χ0n) is 9.37. The highest BCUT2D eigenvalue weighted by Crippen LogP contribution is 2.33. The minimum atomic E-state index is 0.126. The van der Waals surface area contributed by atoms with Crippen molar-refractivity contribution in [2.75, 3.05) is 38.6 Å². The molecule has 0 aromatic carbocycles. The van der Waals surface area contributed by atoms with Crippen LogP contribution < -0.4 is 11.2 Å². The maximum absolute atomic E-state index is 5.91. The van der Waals surface area contributed by atoms with Gasteiger partial charge in [-0.15, -0.1) is 0 Å². The second-order valence-corrected chi connectivity index (χ2v) is 5.95. The van der Waals surface area contributed by atoms with Gasteiger partial charge in [-0.1, -0.05) is 6.92 Å². The molecule has 0 radical (unpaired) electrons. The van der Waals surface area contributed by atoms with Crippen LogP contribution in [0.4, 0.5) is 0 Å². The lowest BCUT2D eigenvalue weighted by Gasteiger charge is -2.37. The monoisotopic (exact) mass is 231 g/mol. The SMILES string of the molecule is CC1CC(CN)(NN2CCOCC2)CS1. The number of hydrogen-bond acceptors (Lipinski definition) is 5. The fourth-order valence-corrected chi connectivity index (χ4v) is 3.59. The number of rotatable bonds is 3. The van der Waals surface area contributed by atoms with Crippen LogP contribution in [0.25, 0.3) is 0 Å². The molecule has 2 saturated heterocycles. The van der Waals surface area contributed by atoms with E-state index in [9.17, 15) is 0 Å². The van der Waals surface area contributed by atoms with Gasteiger partial charge in [0.15, 0.2) is 0 Å². The van der Waals surface area contributed by atoms with Gasteiger partial charge in [0.05, 0.1) is 18.8 Å². The molecule has 88 valence electrons. The van der Waals surface area contributed by atoms with E-state index in [2.05, 4.69) is 17.4 Å². The summed E-state index contributed by atoms with van der Waals surface area (Å²) in [6.45, 7) is 6.61. The molecule has 2 aliphatic heterocycles. The average molecular weight is 231 g/mol. The van der Waals surface area contributed by atoms with Gasteiger partial charge < -0.3 is 10.5 Å². The fraction of sp³-hybridized carbons (Fsp3) is 1.00. The van der Waals surface area contributed by atoms with E-state index in [1.165, 1.54) is 6.42 Å². The van der Waals surface area contributed by atoms with Crippen LogP contribution >= 0.6 is 11.8 Å². The van der Waals surface area contributed by atoms with E-state index in [1.54, 1.807) is 0 Å². The molecule has 2 atom stereocenters. The molecular weight excluding hydrogens is 210 g/mol. The summed E-state index contributed by atoms with van der Waals surface area (Å²) in [6, 6.07) is 0. The predicted molar refractivity (Wildman–Crippen MR) is 63.9 cm³/mol. The molecule has 15 heavy (non-hydrogen) atoms. The number of morpholine rings is 1. The van der Waals surface area contributed by atoms with E-state index in [0.29, 0.717) is 0 Å². The van der Waals surface area contributed by atoms with Crippen LogP contribution in [-0.4, -0.2) is 54.4 Å². The van der Waals surface area contributed by atoms with E-state index in [4.69, 9.17) is 10.5 Å². The van der Waals surface area contributed by atoms with Crippen LogP contribution in [0.3, 0.4) is 0 Å². The van der Waals surface area contributed by atoms with Gasteiger partial charge in [0.25, 0.3) is 0 Å². The normalized spacial score (nSPS) is 38.4. The van der Waals surface area contributed by atoms with Crippen LogP contribution in [0.1, 0.15) is 13.3 Å². The molecule has 0 aliphatic carbocycles. The molecule has 0 spiro atoms. The lowest BCUT2D eigenvalue weighted by Crippen LogP contribution is -2.61. The Morgan fingerprint density at radius 2 is 2.27 bits per heavy atom. The van der Waals surface area contributed by atoms with Crippen LogP contribution in [-0.2, 0) is 4.74 Å². The van der Waals surface area contributed by atoms with E-state index in [1.807, 2.05) is 11.8 Å². The van der Waals surface area contributed by atoms with E-state index in [0.717, 1.165) is 43.9 Å². The molecule has 2 rings (SSSR count). The van der Waals surface area contributed by atoms with Crippen molar-refractivity contribution in [1.82, 2.24) is 10.4 Å². The summed E-state index contributed by atoms with van der Waals surface area (Å²) in [5.74, 6) is 1.13. The number of thioether (sulfide) groups is 1. The average Bonchev–Trinajstić information content (AvgIpc) is 2.62. The molecule has 0 saturated carbocycles. The summed E-state index contributed by atoms with van der Waals surface area (Å²) in [5, 5.41) is 3.00. The molecule has 2 fully saturated rings. The lowest BCUT2D eigenvalue weighted by atomic mass is 9.97. The molecule has 0 bridgehead atoms. The Labute approximate surface area is 95.9 Å². The van der Waals surface area contributed by atoms with E-state index in [-0.39, 0.29) is 5.54 Å². The first-order valence-electron chi connectivity index (χ1n) is 5.66. The van der Waals surface area contributed by atoms with Crippen molar-refractivity contribution in [1.29, 1.82) is 0 Å². The number of hydrazine groups is 1. The molecule has 3 N–H and O–H groups in total. The van der Waals surface area contributed by atoms with Gasteiger partial charge in [-0.25, -0.2) is 10.4 Å². The van der Waals surface area contributed by atoms with E-state index < -0.39 is 0 Å². The summed E-state index contributed by atoms with van der Waals surface area (Å²) in [5.41, 5.74) is 9.66. The van der Waals surface area contributed by atoms with Crippen LogP contribution in [0, 0.1) is 0 Å². The number of nitrogens with two attached hydrogens (primary N) is 1. The van der Waals surface area contributed by atoms with Gasteiger partial charge in [0, 0.05) is 30.6 Å². The third kappa shape index (κ3) is 2.85. The molecule has 2 unspecified atom stereocenters. The fourth-order valence-electron chi connectivity index (χ4n) is 2.25. The molecular formula is C10H21N3OS. The summed E-state index contributed by atoms with van der Waals surface area (Å²) in [7, 11) is 0. The molecule has 2 heterocycles. The minimum Gasteiger partial charge on any atom is -0.379 e. The predicted octanol–water partition coefficient (Wildman–Crippen LogP) is 0.0461. The largest absolute Gasteiger partial charge is 0.379 e. The Bertz CT molecular complexity index is 211. The number of ether oxygens (including phenoxy) is 1. The van der Waals surface area contributed by atoms with Gasteiger partial charge >= 0.3 is 0 Å². The Hall–Kier alpha value is 0.190. The highest BCUT2D eigenvalue weighted by Gasteiger charge is 2.38. The summed E-state index contributed by atoms with van der Waals surface area (Å²) < 4.78 is 5.33. The Morgan fingerprint density at radius 3 is 2.80 bits per heavy atom. The molecule has 4 nitrogen and oxygen atoms in total. The first-order valence-corrected chi connectivity index (χ1v) is 6.71. The van der Waals surface area contributed by atoms with Gasteiger partial charge in [0.2, 0.25) is 0 Å². The van der Waals surface area contributed by atoms with Gasteiger partial charge in [-0.05, 0) is 6.42 Å². The van der Waals surface area contributed by atoms with Crippen molar-refractivity contribution in [3.8, 4) is 0 Å². The maximum atomic E-state index is 5.91. The van der Waals surface area contributed by atoms with E-state index >= 15 is 0 Å². The summed E-state index contributed by atoms with van der Waals surface area (Å²) >= 11 is 2.02. The van der Waals surface area contributed by atoms with Gasteiger partial charge in [0.1, 0.15) is 0 Å². The van der Waals surface area contributed by atoms with Crippen molar-refractivity contribution in [2.24, 2.45) is 5.73 Å². The number of nitrogens with one attached hydrogen (secondary N) is 1. The summed E-state index contributed by atoms with van der Waals surface area (Å²) in [4.78, 5) is 0. The highest BCUT2D eigenvalue weighted by molar-refractivity contribution is 8.00. The number of hydrogen-bond donors (Lipinski definition) is 2. The standard InChI is InChI=1S/C10H21N3OS/c1-9-6-10(7-11,8-15-9)12-13-2-4-14-5-3-13/h9,12H,2-8,11H2,1H3. The van der Waals surface area contributed by atoms with Crippen LogP contribution in [0.5, 0.6) is 0 Å². The molecule has 0 amide bonds. The maximum Gasteiger partial charge on any atom is 0.0608 e. The van der Waals surface area contributed by atoms with Crippen LogP contribution in [0.15, 0.2) is 0 Å². The minimum absolute atomic E-state index is 0.126. The van der Waals surface area contributed by atoms with Crippen molar-refractivity contribution >= 4 is 11.8 Å². The van der Waals surface area contributed by atoms with Crippen molar-refractivity contribution in [2.45, 2.75) is 24.1 Å². The number of nitrogens with zero attached hydrogens (tertiary/aromatic N) is 1. The second kappa shape index (κ2) is 5.01. The van der Waals surface area contributed by atoms with Crippen molar-refractivity contribution < 1.29 is 4.74 Å². The topological polar surface area (TPSA) is 50.5 Å². The van der Waals surface area contributed by atoms with Crippen molar-refractivity contribution in [3.63, 3.8) is 0 Å². The Morgan fingerprint density at radius 1 is 1.53 bits per heavy atom. The van der Waals surface area contributed by atoms with Gasteiger partial charge in [-0.2, -0.15) is 11.8 Å². The first-order chi connectivity index (χ1) is 7.24. The highest BCUT2D eigenvalue weighted by atomic mass is 32.2. The molecule has 2 aliphatic rings. The van der Waals surface area contributed by atoms with Crippen LogP contribution in [0.2, 0.25) is 0 Å². The Kier molecular flexibility index (Phi) is 3.90. The zero-order chi connectivity index (χ0) is 10.7. The van der Waals surface area contributed by atoms with Crippen molar-refractivity contribution in [3.05, 3.63) is 0 Å². The first kappa shape index (κ1) is 11.7. The molecule has 5 heteroatoms. The third-order valence-electron chi connectivity index (χ3n) is 3.12. The Balaban J connectivity index is 1.89. The smallest absolute Gasteiger partial charge is 0.0608 e. The second-order valence-electron chi connectivity index (χ2n) is 4.52. The molecule has 0 aromatic rings. The summed E-state index contributed by atoms with van der Waals surface area (Å²) in [6.07, 6.45) is 1.17. The third-order valence-corrected chi connectivity index (χ3v) is 4.57. The lowest BCUT2D eigenvalue weighted by molar-refractivity contribution is -0.00825. The quantitative estimate of drug-likeness (QED) is 0.718.